The third kappa shape index (κ3) is 4.96. The van der Waals surface area contributed by atoms with Gasteiger partial charge >= 0.3 is 6.18 Å². The summed E-state index contributed by atoms with van der Waals surface area (Å²) in [5.74, 6) is -0.379. The fourth-order valence-corrected chi connectivity index (χ4v) is 2.31. The maximum absolute atomic E-state index is 12.7. The van der Waals surface area contributed by atoms with E-state index in [1.165, 1.54) is 21.1 Å². The van der Waals surface area contributed by atoms with Gasteiger partial charge in [-0.1, -0.05) is 29.4 Å². The summed E-state index contributed by atoms with van der Waals surface area (Å²) in [6, 6.07) is 7.80. The molecule has 1 aromatic carbocycles. The van der Waals surface area contributed by atoms with E-state index in [0.29, 0.717) is 11.1 Å². The third-order valence-electron chi connectivity index (χ3n) is 3.62. The van der Waals surface area contributed by atoms with Crippen LogP contribution in [0.2, 0.25) is 0 Å². The van der Waals surface area contributed by atoms with Crippen LogP contribution in [-0.2, 0) is 22.4 Å². The second-order valence-electron chi connectivity index (χ2n) is 5.49. The number of alkyl halides is 3. The summed E-state index contributed by atoms with van der Waals surface area (Å²) in [5, 5.41) is 6.21. The van der Waals surface area contributed by atoms with Crippen LogP contribution in [0.5, 0.6) is 5.88 Å². The molecule has 9 heteroatoms. The summed E-state index contributed by atoms with van der Waals surface area (Å²) in [6.07, 6.45) is -3.75. The molecule has 0 unspecified atom stereocenters. The van der Waals surface area contributed by atoms with Crippen LogP contribution in [0.15, 0.2) is 41.7 Å². The highest BCUT2D eigenvalue weighted by molar-refractivity contribution is 6.45. The molecule has 0 aliphatic carbocycles. The molecule has 0 saturated heterocycles. The number of carbonyl (C=O) groups excluding carboxylic acids is 1. The number of ether oxygens (including phenoxy) is 1. The van der Waals surface area contributed by atoms with E-state index < -0.39 is 17.6 Å². The lowest BCUT2D eigenvalue weighted by Crippen LogP contribution is -2.29. The van der Waals surface area contributed by atoms with Crippen molar-refractivity contribution in [2.24, 2.45) is 5.16 Å². The zero-order valence-corrected chi connectivity index (χ0v) is 14.9. The Hall–Kier alpha value is -3.10. The Morgan fingerprint density at radius 3 is 2.59 bits per heavy atom. The summed E-state index contributed by atoms with van der Waals surface area (Å²) in [6.45, 7) is 1.46. The summed E-state index contributed by atoms with van der Waals surface area (Å²) in [7, 11) is 2.78. The largest absolute Gasteiger partial charge is 0.473 e. The SMILES string of the molecule is CNC(=O)C(=NOC)c1ccccc1COc1ncc(C(F)(F)F)cc1C. The van der Waals surface area contributed by atoms with Crippen molar-refractivity contribution in [1.29, 1.82) is 0 Å². The minimum absolute atomic E-state index is 0.0187. The Bertz CT molecular complexity index is 851. The van der Waals surface area contributed by atoms with Crippen LogP contribution >= 0.6 is 0 Å². The summed E-state index contributed by atoms with van der Waals surface area (Å²) < 4.78 is 43.8. The Kier molecular flexibility index (Phi) is 6.38. The van der Waals surface area contributed by atoms with Crippen LogP contribution in [0, 0.1) is 6.92 Å². The lowest BCUT2D eigenvalue weighted by atomic mass is 10.0. The number of halogens is 3. The minimum atomic E-state index is -4.47. The first kappa shape index (κ1) is 20.2. The predicted octanol–water partition coefficient (Wildman–Crippen LogP) is 3.08. The van der Waals surface area contributed by atoms with Gasteiger partial charge in [0.05, 0.1) is 5.56 Å². The van der Waals surface area contributed by atoms with Crippen molar-refractivity contribution in [2.45, 2.75) is 19.7 Å². The van der Waals surface area contributed by atoms with Gasteiger partial charge < -0.3 is 14.9 Å². The van der Waals surface area contributed by atoms with Gasteiger partial charge in [0.25, 0.3) is 5.91 Å². The Labute approximate surface area is 154 Å². The number of likely N-dealkylation sites (N-methyl/N-ethyl adjacent to an activating group) is 1. The van der Waals surface area contributed by atoms with Crippen LogP contribution < -0.4 is 10.1 Å². The lowest BCUT2D eigenvalue weighted by Gasteiger charge is -2.14. The third-order valence-corrected chi connectivity index (χ3v) is 3.62. The van der Waals surface area contributed by atoms with Crippen LogP contribution in [0.3, 0.4) is 0 Å². The van der Waals surface area contributed by atoms with Crippen molar-refractivity contribution >= 4 is 11.6 Å². The molecule has 1 N–H and O–H groups in total. The number of amides is 1. The molecule has 0 spiro atoms. The highest BCUT2D eigenvalue weighted by Gasteiger charge is 2.31. The molecular weight excluding hydrogens is 363 g/mol. The quantitative estimate of drug-likeness (QED) is 0.617. The number of hydrogen-bond donors (Lipinski definition) is 1. The first-order chi connectivity index (χ1) is 12.8. The van der Waals surface area contributed by atoms with Crippen LogP contribution in [0.25, 0.3) is 0 Å². The number of nitrogens with one attached hydrogen (secondary N) is 1. The first-order valence-corrected chi connectivity index (χ1v) is 7.86. The van der Waals surface area contributed by atoms with E-state index in [9.17, 15) is 18.0 Å². The molecule has 0 bridgehead atoms. The zero-order valence-electron chi connectivity index (χ0n) is 14.9. The van der Waals surface area contributed by atoms with Gasteiger partial charge in [-0.05, 0) is 18.6 Å². The van der Waals surface area contributed by atoms with Gasteiger partial charge in [0.15, 0.2) is 5.71 Å². The monoisotopic (exact) mass is 381 g/mol. The molecule has 1 aromatic heterocycles. The minimum Gasteiger partial charge on any atom is -0.473 e. The summed E-state index contributed by atoms with van der Waals surface area (Å²) in [4.78, 5) is 20.5. The van der Waals surface area contributed by atoms with Gasteiger partial charge in [-0.2, -0.15) is 13.2 Å². The Morgan fingerprint density at radius 1 is 1.30 bits per heavy atom. The van der Waals surface area contributed by atoms with E-state index in [1.54, 1.807) is 24.3 Å². The number of benzene rings is 1. The number of rotatable bonds is 6. The number of nitrogens with zero attached hydrogens (tertiary/aromatic N) is 2. The molecule has 2 aromatic rings. The zero-order chi connectivity index (χ0) is 20.0. The van der Waals surface area contributed by atoms with E-state index in [4.69, 9.17) is 9.57 Å². The molecule has 0 saturated carbocycles. The lowest BCUT2D eigenvalue weighted by molar-refractivity contribution is -0.137. The summed E-state index contributed by atoms with van der Waals surface area (Å²) >= 11 is 0. The predicted molar refractivity (Wildman–Crippen MR) is 92.4 cm³/mol. The van der Waals surface area contributed by atoms with E-state index in [2.05, 4.69) is 15.5 Å². The average Bonchev–Trinajstić information content (AvgIpc) is 2.64. The topological polar surface area (TPSA) is 72.8 Å². The molecule has 6 nitrogen and oxygen atoms in total. The van der Waals surface area contributed by atoms with E-state index in [-0.39, 0.29) is 23.8 Å². The van der Waals surface area contributed by atoms with Gasteiger partial charge in [0, 0.05) is 24.4 Å². The number of aromatic nitrogens is 1. The molecule has 144 valence electrons. The van der Waals surface area contributed by atoms with E-state index in [0.717, 1.165) is 12.3 Å². The van der Waals surface area contributed by atoms with Crippen LogP contribution in [-0.4, -0.2) is 30.8 Å². The van der Waals surface area contributed by atoms with Gasteiger partial charge in [-0.15, -0.1) is 0 Å². The standard InChI is InChI=1S/C18H18F3N3O3/c1-11-8-13(18(19,20)21)9-23-17(11)27-10-12-6-4-5-7-14(12)15(24-26-3)16(25)22-2/h4-9H,10H2,1-3H3,(H,22,25). The highest BCUT2D eigenvalue weighted by atomic mass is 19.4. The van der Waals surface area contributed by atoms with Crippen LogP contribution in [0.1, 0.15) is 22.3 Å². The van der Waals surface area contributed by atoms with E-state index in [1.807, 2.05) is 0 Å². The molecule has 1 heterocycles. The van der Waals surface area contributed by atoms with Gasteiger partial charge in [0.1, 0.15) is 13.7 Å². The van der Waals surface area contributed by atoms with Gasteiger partial charge in [-0.25, -0.2) is 4.98 Å². The van der Waals surface area contributed by atoms with Gasteiger partial charge in [0.2, 0.25) is 5.88 Å². The maximum atomic E-state index is 12.7. The fraction of sp³-hybridized carbons (Fsp3) is 0.278. The van der Waals surface area contributed by atoms with Crippen LogP contribution in [0.4, 0.5) is 13.2 Å². The number of hydrogen-bond acceptors (Lipinski definition) is 5. The van der Waals surface area contributed by atoms with E-state index >= 15 is 0 Å². The second kappa shape index (κ2) is 8.52. The van der Waals surface area contributed by atoms with Crippen molar-refractivity contribution in [1.82, 2.24) is 10.3 Å². The normalized spacial score (nSPS) is 11.9. The van der Waals surface area contributed by atoms with Crippen molar-refractivity contribution in [3.63, 3.8) is 0 Å². The Morgan fingerprint density at radius 2 is 2.00 bits per heavy atom. The first-order valence-electron chi connectivity index (χ1n) is 7.86. The molecule has 0 aliphatic rings. The average molecular weight is 381 g/mol. The molecule has 0 radical (unpaired) electrons. The number of oxime groups is 1. The Balaban J connectivity index is 2.27. The smallest absolute Gasteiger partial charge is 0.417 e. The second-order valence-corrected chi connectivity index (χ2v) is 5.49. The molecule has 27 heavy (non-hydrogen) atoms. The maximum Gasteiger partial charge on any atom is 0.417 e. The number of pyridine rings is 1. The molecule has 0 fully saturated rings. The van der Waals surface area contributed by atoms with Crippen molar-refractivity contribution < 1.29 is 27.5 Å². The van der Waals surface area contributed by atoms with Crippen molar-refractivity contribution in [2.75, 3.05) is 14.2 Å². The summed E-state index contributed by atoms with van der Waals surface area (Å²) in [5.41, 5.74) is 0.527. The number of carbonyl (C=O) groups is 1. The van der Waals surface area contributed by atoms with Crippen molar-refractivity contribution in [3.05, 3.63) is 58.8 Å². The van der Waals surface area contributed by atoms with Crippen molar-refractivity contribution in [3.8, 4) is 5.88 Å². The number of aryl methyl sites for hydroxylation is 1. The molecule has 1 amide bonds. The highest BCUT2D eigenvalue weighted by Crippen LogP contribution is 2.31. The molecule has 0 atom stereocenters. The molecular formula is C18H18F3N3O3. The molecule has 0 aliphatic heterocycles. The van der Waals surface area contributed by atoms with Gasteiger partial charge in [-0.3, -0.25) is 4.79 Å². The molecule has 2 rings (SSSR count). The fourth-order valence-electron chi connectivity index (χ4n) is 2.31.